The number of amides is 1. The predicted octanol–water partition coefficient (Wildman–Crippen LogP) is 3.77. The Morgan fingerprint density at radius 3 is 2.65 bits per heavy atom. The van der Waals surface area contributed by atoms with Crippen LogP contribution in [0.25, 0.3) is 16.6 Å². The Labute approximate surface area is 181 Å². The van der Waals surface area contributed by atoms with Crippen molar-refractivity contribution in [2.75, 3.05) is 6.54 Å². The third-order valence-corrected chi connectivity index (χ3v) is 6.02. The number of nitrogens with zero attached hydrogens (tertiary/aromatic N) is 4. The highest BCUT2D eigenvalue weighted by Crippen LogP contribution is 2.22. The summed E-state index contributed by atoms with van der Waals surface area (Å²) in [6, 6.07) is 8.97. The second kappa shape index (κ2) is 8.88. The minimum Gasteiger partial charge on any atom is -0.354 e. The van der Waals surface area contributed by atoms with E-state index in [2.05, 4.69) is 21.6 Å². The highest BCUT2D eigenvalue weighted by molar-refractivity contribution is 5.84. The molecule has 1 N–H and O–H groups in total. The maximum Gasteiger partial charge on any atom is 0.295 e. The van der Waals surface area contributed by atoms with Gasteiger partial charge in [-0.05, 0) is 65.0 Å². The minimum atomic E-state index is -0.710. The Bertz CT molecular complexity index is 1190. The lowest BCUT2D eigenvalue weighted by molar-refractivity contribution is -0.124. The first-order valence-electron chi connectivity index (χ1n) is 11.0. The van der Waals surface area contributed by atoms with Crippen LogP contribution >= 0.6 is 0 Å². The van der Waals surface area contributed by atoms with Crippen LogP contribution in [0.5, 0.6) is 0 Å². The van der Waals surface area contributed by atoms with Crippen molar-refractivity contribution in [3.63, 3.8) is 0 Å². The lowest BCUT2D eigenvalue weighted by Gasteiger charge is -2.16. The number of para-hydroxylation sites is 1. The summed E-state index contributed by atoms with van der Waals surface area (Å²) in [4.78, 5) is 25.9. The van der Waals surface area contributed by atoms with E-state index in [1.54, 1.807) is 11.6 Å². The fraction of sp³-hybridized carbons (Fsp3) is 0.417. The average Bonchev–Trinajstić information content (AvgIpc) is 3.15. The molecule has 0 saturated carbocycles. The molecule has 0 bridgehead atoms. The van der Waals surface area contributed by atoms with Crippen molar-refractivity contribution in [1.29, 1.82) is 0 Å². The fourth-order valence-electron chi connectivity index (χ4n) is 4.27. The maximum absolute atomic E-state index is 13.2. The van der Waals surface area contributed by atoms with Crippen LogP contribution in [0.1, 0.15) is 56.5 Å². The highest BCUT2D eigenvalue weighted by Gasteiger charge is 2.23. The number of carbonyl (C=O) groups is 1. The molecule has 1 atom stereocenters. The zero-order valence-corrected chi connectivity index (χ0v) is 18.4. The average molecular weight is 420 g/mol. The molecule has 0 saturated heterocycles. The van der Waals surface area contributed by atoms with E-state index in [4.69, 9.17) is 0 Å². The largest absolute Gasteiger partial charge is 0.354 e. The lowest BCUT2D eigenvalue weighted by Crippen LogP contribution is -2.38. The van der Waals surface area contributed by atoms with Gasteiger partial charge in [-0.3, -0.25) is 9.59 Å². The molecule has 1 aromatic carbocycles. The standard InChI is InChI=1S/C24H29N5O2/c1-16-21-17(2)28(20-12-8-5-9-13-20)27-22(21)24(31)29(26-16)18(3)23(30)25-15-14-19-10-6-4-7-11-19/h5,8-10,12-13,18H,4,6-7,11,14-15H2,1-3H3,(H,25,30)/t18-/m1/s1. The summed E-state index contributed by atoms with van der Waals surface area (Å²) < 4.78 is 3.02. The first-order chi connectivity index (χ1) is 15.0. The molecule has 2 heterocycles. The number of benzene rings is 1. The van der Waals surface area contributed by atoms with E-state index < -0.39 is 6.04 Å². The second-order valence-corrected chi connectivity index (χ2v) is 8.22. The highest BCUT2D eigenvalue weighted by atomic mass is 16.2. The van der Waals surface area contributed by atoms with Gasteiger partial charge in [0, 0.05) is 6.54 Å². The minimum absolute atomic E-state index is 0.205. The molecule has 2 aromatic heterocycles. The molecule has 1 aliphatic carbocycles. The summed E-state index contributed by atoms with van der Waals surface area (Å²) in [5.41, 5.74) is 3.81. The second-order valence-electron chi connectivity index (χ2n) is 8.22. The third-order valence-electron chi connectivity index (χ3n) is 6.02. The molecular formula is C24H29N5O2. The first kappa shape index (κ1) is 21.0. The summed E-state index contributed by atoms with van der Waals surface area (Å²) in [5.74, 6) is -0.205. The SMILES string of the molecule is Cc1nn([C@H](C)C(=O)NCCC2=CCCCC2)c(=O)c2nn(-c3ccccc3)c(C)c12. The zero-order chi connectivity index (χ0) is 22.0. The monoisotopic (exact) mass is 419 g/mol. The number of allylic oxidation sites excluding steroid dienone is 1. The van der Waals surface area contributed by atoms with Gasteiger partial charge >= 0.3 is 0 Å². The molecule has 7 nitrogen and oxygen atoms in total. The van der Waals surface area contributed by atoms with Gasteiger partial charge in [-0.25, -0.2) is 9.36 Å². The van der Waals surface area contributed by atoms with Gasteiger partial charge in [0.05, 0.1) is 22.5 Å². The van der Waals surface area contributed by atoms with Crippen molar-refractivity contribution in [3.05, 3.63) is 63.7 Å². The predicted molar refractivity (Wildman–Crippen MR) is 121 cm³/mol. The number of carbonyl (C=O) groups excluding carboxylic acids is 1. The number of hydrogen-bond acceptors (Lipinski definition) is 4. The molecule has 1 aliphatic rings. The van der Waals surface area contributed by atoms with E-state index in [-0.39, 0.29) is 11.5 Å². The number of nitrogens with one attached hydrogen (secondary N) is 1. The smallest absolute Gasteiger partial charge is 0.295 e. The molecule has 0 radical (unpaired) electrons. The molecule has 31 heavy (non-hydrogen) atoms. The Kier molecular flexibility index (Phi) is 6.02. The summed E-state index contributed by atoms with van der Waals surface area (Å²) in [6.07, 6.45) is 7.87. The number of rotatable bonds is 6. The third kappa shape index (κ3) is 4.17. The molecule has 0 fully saturated rings. The Balaban J connectivity index is 1.59. The molecule has 4 rings (SSSR count). The molecular weight excluding hydrogens is 390 g/mol. The van der Waals surface area contributed by atoms with E-state index in [1.807, 2.05) is 44.2 Å². The molecule has 0 unspecified atom stereocenters. The Morgan fingerprint density at radius 2 is 1.94 bits per heavy atom. The van der Waals surface area contributed by atoms with Crippen LogP contribution in [0, 0.1) is 13.8 Å². The van der Waals surface area contributed by atoms with Crippen LogP contribution in [-0.2, 0) is 4.79 Å². The van der Waals surface area contributed by atoms with Gasteiger partial charge in [0.2, 0.25) is 5.91 Å². The lowest BCUT2D eigenvalue weighted by atomic mass is 9.97. The van der Waals surface area contributed by atoms with Gasteiger partial charge < -0.3 is 5.32 Å². The van der Waals surface area contributed by atoms with E-state index in [0.29, 0.717) is 17.8 Å². The van der Waals surface area contributed by atoms with Crippen LogP contribution in [0.15, 0.2) is 46.8 Å². The van der Waals surface area contributed by atoms with Crippen molar-refractivity contribution in [3.8, 4) is 5.69 Å². The van der Waals surface area contributed by atoms with Gasteiger partial charge in [-0.2, -0.15) is 10.2 Å². The van der Waals surface area contributed by atoms with E-state index in [9.17, 15) is 9.59 Å². The Hall–Kier alpha value is -3.22. The molecule has 1 amide bonds. The van der Waals surface area contributed by atoms with Crippen molar-refractivity contribution in [2.45, 2.75) is 58.9 Å². The number of hydrogen-bond donors (Lipinski definition) is 1. The van der Waals surface area contributed by atoms with Crippen molar-refractivity contribution in [2.24, 2.45) is 0 Å². The molecule has 3 aromatic rings. The van der Waals surface area contributed by atoms with E-state index in [1.165, 1.54) is 23.1 Å². The summed E-state index contributed by atoms with van der Waals surface area (Å²) in [6.45, 7) is 6.06. The van der Waals surface area contributed by atoms with Crippen molar-refractivity contribution >= 4 is 16.8 Å². The normalized spacial score (nSPS) is 15.0. The molecule has 0 spiro atoms. The Morgan fingerprint density at radius 1 is 1.16 bits per heavy atom. The molecule has 162 valence electrons. The van der Waals surface area contributed by atoms with Crippen LogP contribution < -0.4 is 10.9 Å². The number of fused-ring (bicyclic) bond motifs is 1. The summed E-state index contributed by atoms with van der Waals surface area (Å²) in [7, 11) is 0. The summed E-state index contributed by atoms with van der Waals surface area (Å²) in [5, 5.41) is 12.7. The first-order valence-corrected chi connectivity index (χ1v) is 11.0. The molecule has 7 heteroatoms. The van der Waals surface area contributed by atoms with Gasteiger partial charge in [-0.15, -0.1) is 0 Å². The van der Waals surface area contributed by atoms with Gasteiger partial charge in [-0.1, -0.05) is 29.8 Å². The van der Waals surface area contributed by atoms with Crippen molar-refractivity contribution < 1.29 is 4.79 Å². The van der Waals surface area contributed by atoms with Gasteiger partial charge in [0.15, 0.2) is 5.52 Å². The van der Waals surface area contributed by atoms with Crippen LogP contribution in [0.3, 0.4) is 0 Å². The van der Waals surface area contributed by atoms with Gasteiger partial charge in [0.1, 0.15) is 6.04 Å². The van der Waals surface area contributed by atoms with Crippen LogP contribution in [-0.4, -0.2) is 32.0 Å². The van der Waals surface area contributed by atoms with E-state index >= 15 is 0 Å². The van der Waals surface area contributed by atoms with Crippen molar-refractivity contribution in [1.82, 2.24) is 24.9 Å². The summed E-state index contributed by atoms with van der Waals surface area (Å²) >= 11 is 0. The maximum atomic E-state index is 13.2. The van der Waals surface area contributed by atoms with Crippen LogP contribution in [0.4, 0.5) is 0 Å². The number of aromatic nitrogens is 4. The number of aryl methyl sites for hydroxylation is 2. The zero-order valence-electron chi connectivity index (χ0n) is 18.4. The van der Waals surface area contributed by atoms with E-state index in [0.717, 1.165) is 36.0 Å². The van der Waals surface area contributed by atoms with Crippen LogP contribution in [0.2, 0.25) is 0 Å². The quantitative estimate of drug-likeness (QED) is 0.617. The van der Waals surface area contributed by atoms with Gasteiger partial charge in [0.25, 0.3) is 5.56 Å². The topological polar surface area (TPSA) is 81.8 Å². The molecule has 0 aliphatic heterocycles. The fourth-order valence-corrected chi connectivity index (χ4v) is 4.27.